The largest absolute Gasteiger partial charge is 0.493 e. The van der Waals surface area contributed by atoms with Gasteiger partial charge in [-0.2, -0.15) is 5.26 Å². The molecule has 1 N–H and O–H groups in total. The summed E-state index contributed by atoms with van der Waals surface area (Å²) in [4.78, 5) is 4.94. The predicted molar refractivity (Wildman–Crippen MR) is 206 cm³/mol. The van der Waals surface area contributed by atoms with Crippen LogP contribution in [0.4, 0.5) is 0 Å². The molecule has 0 atom stereocenters. The molecule has 3 aromatic rings. The molecular weight excluding hydrogens is 656 g/mol. The Kier molecular flexibility index (Phi) is 16.7. The average Bonchev–Trinajstić information content (AvgIpc) is 3.19. The number of fused-ring (bicyclic) bond motifs is 3. The van der Waals surface area contributed by atoms with Crippen molar-refractivity contribution < 1.29 is 28.4 Å². The van der Waals surface area contributed by atoms with Gasteiger partial charge < -0.3 is 33.7 Å². The quantitative estimate of drug-likeness (QED) is 0.187. The van der Waals surface area contributed by atoms with E-state index in [1.54, 1.807) is 42.7 Å². The summed E-state index contributed by atoms with van der Waals surface area (Å²) in [5.41, 5.74) is 8.12. The summed E-state index contributed by atoms with van der Waals surface area (Å²) in [5.74, 6) is 4.93. The van der Waals surface area contributed by atoms with E-state index in [0.29, 0.717) is 6.42 Å². The number of ether oxygens (including phenoxy) is 6. The molecule has 0 amide bonds. The fraction of sp³-hybridized carbons (Fsp3) is 0.548. The zero-order valence-corrected chi connectivity index (χ0v) is 32.6. The molecule has 0 unspecified atom stereocenters. The molecular formula is C42H60N4O6. The number of nitrogens with one attached hydrogen (secondary N) is 1. The van der Waals surface area contributed by atoms with Crippen molar-refractivity contribution in [3.8, 4) is 40.6 Å². The standard InChI is InChI=1S/C16H25NO2.C15H20N2O2.C11H15NO2/c1-4-5-6-8-17-9-7-13-10-15(18-2)16(19-3)11-14(13)12-17;1-18-14-9-12-5-8-17(7-4-3-6-16)11-13(12)10-15(14)19-2;1-13-10-5-8-3-4-12-7-9(8)6-11(10)14-2/h10-11H,4-9,12H2,1-3H3;9-10H,3-5,7-8,11H2,1-2H3;5-6,12H,3-4,7H2,1-2H3. The lowest BCUT2D eigenvalue weighted by atomic mass is 9.98. The Morgan fingerprint density at radius 1 is 0.558 bits per heavy atom. The van der Waals surface area contributed by atoms with Gasteiger partial charge in [0.05, 0.1) is 48.7 Å². The van der Waals surface area contributed by atoms with Crippen molar-refractivity contribution in [3.63, 3.8) is 0 Å². The number of nitriles is 1. The van der Waals surface area contributed by atoms with Crippen LogP contribution in [0, 0.1) is 11.3 Å². The van der Waals surface area contributed by atoms with Gasteiger partial charge >= 0.3 is 0 Å². The van der Waals surface area contributed by atoms with Gasteiger partial charge in [0, 0.05) is 39.1 Å². The van der Waals surface area contributed by atoms with E-state index < -0.39 is 0 Å². The minimum absolute atomic E-state index is 0.634. The van der Waals surface area contributed by atoms with E-state index in [0.717, 1.165) is 106 Å². The highest BCUT2D eigenvalue weighted by molar-refractivity contribution is 5.50. The Morgan fingerprint density at radius 2 is 0.962 bits per heavy atom. The molecule has 6 rings (SSSR count). The third-order valence-electron chi connectivity index (χ3n) is 10.0. The minimum atomic E-state index is 0.634. The molecule has 0 bridgehead atoms. The molecule has 0 saturated carbocycles. The van der Waals surface area contributed by atoms with Crippen LogP contribution in [0.5, 0.6) is 34.5 Å². The van der Waals surface area contributed by atoms with Crippen molar-refractivity contribution in [2.24, 2.45) is 0 Å². The van der Waals surface area contributed by atoms with Gasteiger partial charge in [0.15, 0.2) is 34.5 Å². The van der Waals surface area contributed by atoms with E-state index in [1.165, 1.54) is 59.2 Å². The second-order valence-corrected chi connectivity index (χ2v) is 13.4. The first-order valence-electron chi connectivity index (χ1n) is 18.6. The zero-order valence-electron chi connectivity index (χ0n) is 32.6. The molecule has 0 spiro atoms. The lowest BCUT2D eigenvalue weighted by molar-refractivity contribution is 0.247. The van der Waals surface area contributed by atoms with Gasteiger partial charge in [0.1, 0.15) is 0 Å². The van der Waals surface area contributed by atoms with Crippen LogP contribution < -0.4 is 33.7 Å². The summed E-state index contributed by atoms with van der Waals surface area (Å²) >= 11 is 0. The molecule has 0 fully saturated rings. The second-order valence-electron chi connectivity index (χ2n) is 13.4. The van der Waals surface area contributed by atoms with Gasteiger partial charge in [-0.1, -0.05) is 19.8 Å². The van der Waals surface area contributed by atoms with Crippen molar-refractivity contribution in [1.29, 1.82) is 5.26 Å². The smallest absolute Gasteiger partial charge is 0.161 e. The number of methoxy groups -OCH3 is 6. The predicted octanol–water partition coefficient (Wildman–Crippen LogP) is 6.97. The Hall–Kier alpha value is -4.17. The minimum Gasteiger partial charge on any atom is -0.493 e. The molecule has 3 aliphatic heterocycles. The summed E-state index contributed by atoms with van der Waals surface area (Å²) in [6.07, 6.45) is 8.71. The van der Waals surface area contributed by atoms with Crippen LogP contribution >= 0.6 is 0 Å². The zero-order chi connectivity index (χ0) is 37.3. The second kappa shape index (κ2) is 21.4. The van der Waals surface area contributed by atoms with Crippen molar-refractivity contribution in [1.82, 2.24) is 15.1 Å². The summed E-state index contributed by atoms with van der Waals surface area (Å²) in [6, 6.07) is 14.8. The Bertz CT molecular complexity index is 1560. The molecule has 3 aliphatic rings. The SMILES string of the molecule is CCCCCN1CCc2cc(OC)c(OC)cc2C1.COc1cc2c(cc1OC)CN(CCCC#N)CC2.COc1cc2c(cc1OC)CNCC2. The van der Waals surface area contributed by atoms with Crippen LogP contribution in [-0.4, -0.2) is 85.2 Å². The lowest BCUT2D eigenvalue weighted by Gasteiger charge is -2.29. The summed E-state index contributed by atoms with van der Waals surface area (Å²) in [7, 11) is 10.1. The first-order valence-corrected chi connectivity index (χ1v) is 18.6. The maximum Gasteiger partial charge on any atom is 0.161 e. The van der Waals surface area contributed by atoms with Crippen molar-refractivity contribution >= 4 is 0 Å². The van der Waals surface area contributed by atoms with E-state index in [1.807, 2.05) is 0 Å². The number of rotatable bonds is 13. The highest BCUT2D eigenvalue weighted by atomic mass is 16.5. The van der Waals surface area contributed by atoms with Gasteiger partial charge in [-0.3, -0.25) is 9.80 Å². The number of unbranched alkanes of at least 4 members (excludes halogenated alkanes) is 3. The van der Waals surface area contributed by atoms with Gasteiger partial charge in [-0.15, -0.1) is 0 Å². The van der Waals surface area contributed by atoms with Gasteiger partial charge in [0.25, 0.3) is 0 Å². The number of benzene rings is 3. The molecule has 0 aliphatic carbocycles. The summed E-state index contributed by atoms with van der Waals surface area (Å²) in [6.45, 7) is 10.6. The molecule has 3 aromatic carbocycles. The normalized spacial score (nSPS) is 14.8. The maximum absolute atomic E-state index is 8.58. The van der Waals surface area contributed by atoms with Crippen molar-refractivity contribution in [2.45, 2.75) is 77.9 Å². The van der Waals surface area contributed by atoms with Crippen LogP contribution in [-0.2, 0) is 38.9 Å². The van der Waals surface area contributed by atoms with E-state index in [9.17, 15) is 0 Å². The fourth-order valence-corrected chi connectivity index (χ4v) is 7.04. The maximum atomic E-state index is 8.58. The monoisotopic (exact) mass is 716 g/mol. The first kappa shape index (κ1) is 40.6. The molecule has 3 heterocycles. The van der Waals surface area contributed by atoms with Gasteiger partial charge in [-0.25, -0.2) is 0 Å². The topological polar surface area (TPSA) is 97.7 Å². The molecule has 0 saturated heterocycles. The highest BCUT2D eigenvalue weighted by Crippen LogP contribution is 2.35. The molecule has 52 heavy (non-hydrogen) atoms. The van der Waals surface area contributed by atoms with Crippen LogP contribution in [0.25, 0.3) is 0 Å². The Labute approximate surface area is 311 Å². The highest BCUT2D eigenvalue weighted by Gasteiger charge is 2.20. The molecule has 0 radical (unpaired) electrons. The van der Waals surface area contributed by atoms with Crippen LogP contribution in [0.15, 0.2) is 36.4 Å². The average molecular weight is 717 g/mol. The Morgan fingerprint density at radius 3 is 1.38 bits per heavy atom. The van der Waals surface area contributed by atoms with Gasteiger partial charge in [0.2, 0.25) is 0 Å². The molecule has 10 heteroatoms. The van der Waals surface area contributed by atoms with Crippen molar-refractivity contribution in [3.05, 3.63) is 69.8 Å². The third kappa shape index (κ3) is 11.2. The summed E-state index contributed by atoms with van der Waals surface area (Å²) < 4.78 is 32.0. The Balaban J connectivity index is 0.000000177. The molecule has 284 valence electrons. The lowest BCUT2D eigenvalue weighted by Crippen LogP contribution is -2.31. The third-order valence-corrected chi connectivity index (χ3v) is 10.0. The van der Waals surface area contributed by atoms with Crippen LogP contribution in [0.1, 0.15) is 72.4 Å². The molecule has 10 nitrogen and oxygen atoms in total. The first-order chi connectivity index (χ1) is 25.4. The number of hydrogen-bond donors (Lipinski definition) is 1. The summed E-state index contributed by atoms with van der Waals surface area (Å²) in [5, 5.41) is 11.9. The number of nitrogens with zero attached hydrogens (tertiary/aromatic N) is 3. The van der Waals surface area contributed by atoms with E-state index >= 15 is 0 Å². The van der Waals surface area contributed by atoms with Gasteiger partial charge in [-0.05, 0) is 122 Å². The fourth-order valence-electron chi connectivity index (χ4n) is 7.04. The van der Waals surface area contributed by atoms with E-state index in [4.69, 9.17) is 33.7 Å². The van der Waals surface area contributed by atoms with E-state index in [-0.39, 0.29) is 0 Å². The molecule has 0 aromatic heterocycles. The van der Waals surface area contributed by atoms with Crippen LogP contribution in [0.2, 0.25) is 0 Å². The number of hydrogen-bond acceptors (Lipinski definition) is 10. The van der Waals surface area contributed by atoms with Crippen molar-refractivity contribution in [2.75, 3.05) is 75.4 Å². The van der Waals surface area contributed by atoms with E-state index in [2.05, 4.69) is 64.5 Å². The van der Waals surface area contributed by atoms with Crippen LogP contribution in [0.3, 0.4) is 0 Å².